The molecular formula is C21H16FN3O2. The molecule has 0 bridgehead atoms. The van der Waals surface area contributed by atoms with Gasteiger partial charge in [-0.1, -0.05) is 36.4 Å². The maximum Gasteiger partial charge on any atom is 0.253 e. The normalized spacial score (nSPS) is 12.2. The van der Waals surface area contributed by atoms with E-state index in [4.69, 9.17) is 0 Å². The number of aromatic nitrogens is 2. The Morgan fingerprint density at radius 1 is 1.04 bits per heavy atom. The van der Waals surface area contributed by atoms with Crippen molar-refractivity contribution < 1.29 is 14.3 Å². The molecule has 1 atom stereocenters. The Hall–Kier alpha value is -3.38. The fraction of sp³-hybridized carbons (Fsp3) is 0.0952. The average Bonchev–Trinajstić information content (AvgIpc) is 2.70. The number of hydrogen-bond donors (Lipinski definition) is 2. The summed E-state index contributed by atoms with van der Waals surface area (Å²) in [6, 6.07) is 15.8. The molecule has 0 saturated carbocycles. The van der Waals surface area contributed by atoms with Crippen LogP contribution in [0, 0.1) is 5.82 Å². The van der Waals surface area contributed by atoms with E-state index in [0.29, 0.717) is 16.6 Å². The molecular weight excluding hydrogens is 345 g/mol. The van der Waals surface area contributed by atoms with E-state index in [0.717, 1.165) is 16.8 Å². The lowest BCUT2D eigenvalue weighted by Gasteiger charge is -2.14. The van der Waals surface area contributed by atoms with Crippen molar-refractivity contribution in [1.29, 1.82) is 0 Å². The first-order valence-corrected chi connectivity index (χ1v) is 8.47. The van der Waals surface area contributed by atoms with Gasteiger partial charge in [0.2, 0.25) is 0 Å². The van der Waals surface area contributed by atoms with Crippen LogP contribution in [-0.2, 0) is 0 Å². The zero-order chi connectivity index (χ0) is 18.8. The van der Waals surface area contributed by atoms with Crippen LogP contribution in [0.2, 0.25) is 0 Å². The SMILES string of the molecule is O=C(NCC(O)c1ccc2ccccc2c1)c1cc(F)cc2nccnc12. The van der Waals surface area contributed by atoms with Gasteiger partial charge in [0.25, 0.3) is 5.91 Å². The standard InChI is InChI=1S/C21H16FN3O2/c22-16-10-17(20-18(11-16)23-7-8-24-20)21(27)25-12-19(26)15-6-5-13-3-1-2-4-14(13)9-15/h1-11,19,26H,12H2,(H,25,27). The van der Waals surface area contributed by atoms with Gasteiger partial charge in [-0.25, -0.2) is 4.39 Å². The second-order valence-corrected chi connectivity index (χ2v) is 6.21. The van der Waals surface area contributed by atoms with Crippen LogP contribution in [0.1, 0.15) is 22.0 Å². The van der Waals surface area contributed by atoms with Crippen molar-refractivity contribution in [3.63, 3.8) is 0 Å². The number of benzene rings is 3. The van der Waals surface area contributed by atoms with Gasteiger partial charge in [-0.2, -0.15) is 0 Å². The van der Waals surface area contributed by atoms with Gasteiger partial charge in [0.05, 0.1) is 17.2 Å². The summed E-state index contributed by atoms with van der Waals surface area (Å²) in [6.45, 7) is -0.00452. The van der Waals surface area contributed by atoms with Crippen LogP contribution in [0.3, 0.4) is 0 Å². The van der Waals surface area contributed by atoms with Gasteiger partial charge in [0, 0.05) is 25.0 Å². The Bertz CT molecular complexity index is 1150. The summed E-state index contributed by atoms with van der Waals surface area (Å²) in [6.07, 6.45) is 2.00. The van der Waals surface area contributed by atoms with Crippen molar-refractivity contribution >= 4 is 27.7 Å². The van der Waals surface area contributed by atoms with Gasteiger partial charge in [-0.3, -0.25) is 14.8 Å². The van der Waals surface area contributed by atoms with Crippen molar-refractivity contribution in [2.24, 2.45) is 0 Å². The predicted molar refractivity (Wildman–Crippen MR) is 101 cm³/mol. The number of halogens is 1. The molecule has 1 unspecified atom stereocenters. The van der Waals surface area contributed by atoms with Gasteiger partial charge >= 0.3 is 0 Å². The van der Waals surface area contributed by atoms with Crippen LogP contribution >= 0.6 is 0 Å². The minimum Gasteiger partial charge on any atom is -0.387 e. The molecule has 1 amide bonds. The molecule has 5 nitrogen and oxygen atoms in total. The number of carbonyl (C=O) groups excluding carboxylic acids is 1. The summed E-state index contributed by atoms with van der Waals surface area (Å²) >= 11 is 0. The first kappa shape index (κ1) is 17.1. The summed E-state index contributed by atoms with van der Waals surface area (Å²) in [5.74, 6) is -1.08. The predicted octanol–water partition coefficient (Wildman–Crippen LogP) is 3.39. The van der Waals surface area contributed by atoms with Crippen molar-refractivity contribution in [2.45, 2.75) is 6.10 Å². The quantitative estimate of drug-likeness (QED) is 0.584. The maximum absolute atomic E-state index is 13.8. The molecule has 0 spiro atoms. The number of aliphatic hydroxyl groups is 1. The molecule has 6 heteroatoms. The van der Waals surface area contributed by atoms with Crippen LogP contribution < -0.4 is 5.32 Å². The van der Waals surface area contributed by atoms with E-state index < -0.39 is 17.8 Å². The number of nitrogens with one attached hydrogen (secondary N) is 1. The summed E-state index contributed by atoms with van der Waals surface area (Å²) in [7, 11) is 0. The summed E-state index contributed by atoms with van der Waals surface area (Å²) in [5.41, 5.74) is 1.40. The average molecular weight is 361 g/mol. The van der Waals surface area contributed by atoms with Crippen molar-refractivity contribution in [2.75, 3.05) is 6.54 Å². The second-order valence-electron chi connectivity index (χ2n) is 6.21. The smallest absolute Gasteiger partial charge is 0.253 e. The zero-order valence-electron chi connectivity index (χ0n) is 14.3. The molecule has 1 heterocycles. The van der Waals surface area contributed by atoms with Crippen molar-refractivity contribution in [1.82, 2.24) is 15.3 Å². The molecule has 0 saturated heterocycles. The minimum absolute atomic E-state index is 0.00452. The third-order valence-corrected chi connectivity index (χ3v) is 4.40. The number of aliphatic hydroxyl groups excluding tert-OH is 1. The number of fused-ring (bicyclic) bond motifs is 2. The van der Waals surface area contributed by atoms with Gasteiger partial charge in [0.1, 0.15) is 11.3 Å². The van der Waals surface area contributed by atoms with Gasteiger partial charge < -0.3 is 10.4 Å². The Morgan fingerprint density at radius 2 is 1.81 bits per heavy atom. The Kier molecular flexibility index (Phi) is 4.48. The van der Waals surface area contributed by atoms with Crippen LogP contribution in [0.15, 0.2) is 67.0 Å². The highest BCUT2D eigenvalue weighted by Gasteiger charge is 2.16. The lowest BCUT2D eigenvalue weighted by atomic mass is 10.0. The number of nitrogens with zero attached hydrogens (tertiary/aromatic N) is 2. The van der Waals surface area contributed by atoms with Crippen LogP contribution in [0.4, 0.5) is 4.39 Å². The van der Waals surface area contributed by atoms with Gasteiger partial charge in [-0.15, -0.1) is 0 Å². The first-order valence-electron chi connectivity index (χ1n) is 8.47. The molecule has 0 fully saturated rings. The van der Waals surface area contributed by atoms with Gasteiger partial charge in [0.15, 0.2) is 0 Å². The van der Waals surface area contributed by atoms with E-state index in [1.165, 1.54) is 18.5 Å². The highest BCUT2D eigenvalue weighted by Crippen LogP contribution is 2.21. The minimum atomic E-state index is -0.885. The van der Waals surface area contributed by atoms with Crippen molar-refractivity contribution in [3.8, 4) is 0 Å². The fourth-order valence-electron chi connectivity index (χ4n) is 3.03. The number of rotatable bonds is 4. The first-order chi connectivity index (χ1) is 13.1. The third kappa shape index (κ3) is 3.47. The van der Waals surface area contributed by atoms with E-state index in [1.54, 1.807) is 0 Å². The zero-order valence-corrected chi connectivity index (χ0v) is 14.3. The molecule has 27 heavy (non-hydrogen) atoms. The Labute approximate surface area is 154 Å². The fourth-order valence-corrected chi connectivity index (χ4v) is 3.03. The van der Waals surface area contributed by atoms with E-state index in [9.17, 15) is 14.3 Å². The summed E-state index contributed by atoms with van der Waals surface area (Å²) in [4.78, 5) is 20.6. The third-order valence-electron chi connectivity index (χ3n) is 4.40. The highest BCUT2D eigenvalue weighted by atomic mass is 19.1. The molecule has 0 aliphatic rings. The topological polar surface area (TPSA) is 75.1 Å². The Balaban J connectivity index is 1.53. The Morgan fingerprint density at radius 3 is 2.67 bits per heavy atom. The summed E-state index contributed by atoms with van der Waals surface area (Å²) < 4.78 is 13.8. The van der Waals surface area contributed by atoms with Crippen LogP contribution in [-0.4, -0.2) is 27.5 Å². The van der Waals surface area contributed by atoms with Crippen LogP contribution in [0.5, 0.6) is 0 Å². The molecule has 3 aromatic carbocycles. The number of amides is 1. The van der Waals surface area contributed by atoms with Crippen molar-refractivity contribution in [3.05, 3.63) is 83.9 Å². The lowest BCUT2D eigenvalue weighted by Crippen LogP contribution is -2.28. The molecule has 4 aromatic rings. The number of carbonyl (C=O) groups is 1. The van der Waals surface area contributed by atoms with E-state index in [2.05, 4.69) is 15.3 Å². The number of hydrogen-bond acceptors (Lipinski definition) is 4. The molecule has 0 aliphatic heterocycles. The van der Waals surface area contributed by atoms with E-state index in [-0.39, 0.29) is 12.1 Å². The molecule has 0 radical (unpaired) electrons. The maximum atomic E-state index is 13.8. The second kappa shape index (κ2) is 7.09. The molecule has 134 valence electrons. The molecule has 4 rings (SSSR count). The largest absolute Gasteiger partial charge is 0.387 e. The molecule has 2 N–H and O–H groups in total. The molecule has 0 aliphatic carbocycles. The van der Waals surface area contributed by atoms with Crippen LogP contribution in [0.25, 0.3) is 21.8 Å². The molecule has 1 aromatic heterocycles. The summed E-state index contributed by atoms with van der Waals surface area (Å²) in [5, 5.41) is 15.1. The lowest BCUT2D eigenvalue weighted by molar-refractivity contribution is 0.0917. The van der Waals surface area contributed by atoms with E-state index >= 15 is 0 Å². The monoisotopic (exact) mass is 361 g/mol. The van der Waals surface area contributed by atoms with Gasteiger partial charge in [-0.05, 0) is 28.5 Å². The van der Waals surface area contributed by atoms with E-state index in [1.807, 2.05) is 42.5 Å². The highest BCUT2D eigenvalue weighted by molar-refractivity contribution is 6.04.